The highest BCUT2D eigenvalue weighted by atomic mass is 79.9. The first kappa shape index (κ1) is 14.5. The third kappa shape index (κ3) is 2.80. The summed E-state index contributed by atoms with van der Waals surface area (Å²) >= 11 is 3.51. The molecule has 3 aromatic rings. The van der Waals surface area contributed by atoms with Crippen LogP contribution in [0.25, 0.3) is 11.0 Å². The number of hydrogen-bond acceptors (Lipinski definition) is 2. The summed E-state index contributed by atoms with van der Waals surface area (Å²) in [5.74, 6) is 0. The molecule has 0 spiro atoms. The SMILES string of the molecule is C[Si](C)(C)C(c1ccc(Br)cc1)n1nnc2ccccc21. The van der Waals surface area contributed by atoms with Crippen LogP contribution in [0.2, 0.25) is 19.6 Å². The van der Waals surface area contributed by atoms with E-state index in [9.17, 15) is 0 Å². The van der Waals surface area contributed by atoms with E-state index in [1.54, 1.807) is 0 Å². The number of aromatic nitrogens is 3. The van der Waals surface area contributed by atoms with Gasteiger partial charge in [-0.05, 0) is 29.8 Å². The maximum absolute atomic E-state index is 4.45. The summed E-state index contributed by atoms with van der Waals surface area (Å²) in [5, 5.41) is 8.77. The smallest absolute Gasteiger partial charge is 0.113 e. The number of para-hydroxylation sites is 1. The van der Waals surface area contributed by atoms with Gasteiger partial charge >= 0.3 is 0 Å². The first-order chi connectivity index (χ1) is 9.97. The number of halogens is 1. The fourth-order valence-electron chi connectivity index (χ4n) is 2.73. The normalized spacial score (nSPS) is 13.5. The van der Waals surface area contributed by atoms with Crippen molar-refractivity contribution in [2.24, 2.45) is 0 Å². The lowest BCUT2D eigenvalue weighted by Crippen LogP contribution is -2.36. The molecule has 5 heteroatoms. The van der Waals surface area contributed by atoms with Crippen LogP contribution in [0.4, 0.5) is 0 Å². The fourth-order valence-corrected chi connectivity index (χ4v) is 5.11. The first-order valence-electron chi connectivity index (χ1n) is 7.02. The van der Waals surface area contributed by atoms with Crippen molar-refractivity contribution in [3.63, 3.8) is 0 Å². The fraction of sp³-hybridized carbons (Fsp3) is 0.250. The Labute approximate surface area is 134 Å². The van der Waals surface area contributed by atoms with Crippen molar-refractivity contribution in [3.05, 3.63) is 58.6 Å². The lowest BCUT2D eigenvalue weighted by atomic mass is 10.2. The lowest BCUT2D eigenvalue weighted by Gasteiger charge is -2.29. The highest BCUT2D eigenvalue weighted by Gasteiger charge is 2.31. The van der Waals surface area contributed by atoms with Gasteiger partial charge in [0, 0.05) is 4.47 Å². The maximum atomic E-state index is 4.45. The molecule has 0 bridgehead atoms. The summed E-state index contributed by atoms with van der Waals surface area (Å²) in [5.41, 5.74) is 3.64. The van der Waals surface area contributed by atoms with Crippen LogP contribution in [0, 0.1) is 0 Å². The molecule has 1 heterocycles. The Bertz CT molecular complexity index is 759. The van der Waals surface area contributed by atoms with Crippen LogP contribution >= 0.6 is 15.9 Å². The first-order valence-corrected chi connectivity index (χ1v) is 11.4. The minimum absolute atomic E-state index is 0.276. The van der Waals surface area contributed by atoms with Gasteiger partial charge in [-0.15, -0.1) is 5.10 Å². The van der Waals surface area contributed by atoms with Gasteiger partial charge in [-0.1, -0.05) is 65.0 Å². The molecule has 3 rings (SSSR count). The van der Waals surface area contributed by atoms with Crippen molar-refractivity contribution >= 4 is 35.0 Å². The van der Waals surface area contributed by atoms with Gasteiger partial charge in [0.2, 0.25) is 0 Å². The summed E-state index contributed by atoms with van der Waals surface area (Å²) in [6, 6.07) is 16.7. The van der Waals surface area contributed by atoms with Crippen molar-refractivity contribution in [2.75, 3.05) is 0 Å². The Hall–Kier alpha value is -1.46. The van der Waals surface area contributed by atoms with E-state index < -0.39 is 8.07 Å². The molecule has 3 nitrogen and oxygen atoms in total. The summed E-state index contributed by atoms with van der Waals surface area (Å²) in [7, 11) is -1.52. The summed E-state index contributed by atoms with van der Waals surface area (Å²) in [6.45, 7) is 7.11. The molecule has 0 saturated heterocycles. The maximum Gasteiger partial charge on any atom is 0.113 e. The molecule has 1 unspecified atom stereocenters. The molecule has 108 valence electrons. The van der Waals surface area contributed by atoms with Gasteiger partial charge in [0.05, 0.1) is 19.3 Å². The van der Waals surface area contributed by atoms with Crippen LogP contribution in [-0.2, 0) is 0 Å². The molecule has 21 heavy (non-hydrogen) atoms. The van der Waals surface area contributed by atoms with Crippen LogP contribution in [0.3, 0.4) is 0 Å². The second-order valence-electron chi connectivity index (χ2n) is 6.34. The highest BCUT2D eigenvalue weighted by molar-refractivity contribution is 9.10. The zero-order chi connectivity index (χ0) is 15.0. The number of hydrogen-bond donors (Lipinski definition) is 0. The van der Waals surface area contributed by atoms with Gasteiger partial charge in [0.25, 0.3) is 0 Å². The second kappa shape index (κ2) is 5.39. The topological polar surface area (TPSA) is 30.7 Å². The molecule has 1 atom stereocenters. The Balaban J connectivity index is 2.19. The quantitative estimate of drug-likeness (QED) is 0.636. The third-order valence-electron chi connectivity index (χ3n) is 3.63. The number of rotatable bonds is 3. The summed E-state index contributed by atoms with van der Waals surface area (Å²) in [4.78, 5) is 0. The van der Waals surface area contributed by atoms with E-state index in [0.717, 1.165) is 15.5 Å². The average Bonchev–Trinajstić information content (AvgIpc) is 2.84. The number of nitrogens with zero attached hydrogens (tertiary/aromatic N) is 3. The Morgan fingerprint density at radius 2 is 1.67 bits per heavy atom. The van der Waals surface area contributed by atoms with Crippen LogP contribution in [0.15, 0.2) is 53.0 Å². The Morgan fingerprint density at radius 1 is 1.00 bits per heavy atom. The molecule has 1 aromatic heterocycles. The van der Waals surface area contributed by atoms with Gasteiger partial charge in [-0.3, -0.25) is 0 Å². The van der Waals surface area contributed by atoms with Crippen molar-refractivity contribution < 1.29 is 0 Å². The van der Waals surface area contributed by atoms with E-state index in [1.165, 1.54) is 5.56 Å². The summed E-state index contributed by atoms with van der Waals surface area (Å²) in [6.07, 6.45) is 0. The highest BCUT2D eigenvalue weighted by Crippen LogP contribution is 2.31. The molecular formula is C16H18BrN3Si. The zero-order valence-corrected chi connectivity index (χ0v) is 15.0. The molecule has 0 aliphatic heterocycles. The zero-order valence-electron chi connectivity index (χ0n) is 12.4. The van der Waals surface area contributed by atoms with Gasteiger partial charge in [0.15, 0.2) is 0 Å². The summed E-state index contributed by atoms with van der Waals surface area (Å²) < 4.78 is 3.20. The average molecular weight is 360 g/mol. The molecule has 0 saturated carbocycles. The van der Waals surface area contributed by atoms with Crippen LogP contribution in [-0.4, -0.2) is 23.1 Å². The van der Waals surface area contributed by atoms with Gasteiger partial charge in [-0.25, -0.2) is 4.68 Å². The second-order valence-corrected chi connectivity index (χ2v) is 12.5. The molecule has 0 fully saturated rings. The largest absolute Gasteiger partial charge is 0.240 e. The monoisotopic (exact) mass is 359 g/mol. The van der Waals surface area contributed by atoms with E-state index in [2.05, 4.69) is 80.9 Å². The minimum atomic E-state index is -1.52. The van der Waals surface area contributed by atoms with Gasteiger partial charge < -0.3 is 0 Å². The molecule has 0 aliphatic carbocycles. The predicted octanol–water partition coefficient (Wildman–Crippen LogP) is 4.66. The van der Waals surface area contributed by atoms with Crippen molar-refractivity contribution in [1.82, 2.24) is 15.0 Å². The van der Waals surface area contributed by atoms with E-state index in [1.807, 2.05) is 18.2 Å². The lowest BCUT2D eigenvalue weighted by molar-refractivity contribution is 0.628. The van der Waals surface area contributed by atoms with E-state index >= 15 is 0 Å². The standard InChI is InChI=1S/C16H18BrN3Si/c1-21(2,3)16(12-8-10-13(17)11-9-12)20-15-7-5-4-6-14(15)18-19-20/h4-11,16H,1-3H3. The van der Waals surface area contributed by atoms with E-state index in [-0.39, 0.29) is 5.67 Å². The van der Waals surface area contributed by atoms with Crippen molar-refractivity contribution in [1.29, 1.82) is 0 Å². The predicted molar refractivity (Wildman–Crippen MR) is 93.2 cm³/mol. The Kier molecular flexibility index (Phi) is 3.71. The molecule has 0 N–H and O–H groups in total. The van der Waals surface area contributed by atoms with Gasteiger partial charge in [0.1, 0.15) is 5.52 Å². The Morgan fingerprint density at radius 3 is 2.33 bits per heavy atom. The molecular weight excluding hydrogens is 342 g/mol. The van der Waals surface area contributed by atoms with Crippen molar-refractivity contribution in [3.8, 4) is 0 Å². The molecule has 0 aliphatic rings. The van der Waals surface area contributed by atoms with Gasteiger partial charge in [-0.2, -0.15) is 0 Å². The molecule has 2 aromatic carbocycles. The molecule has 0 radical (unpaired) electrons. The number of benzene rings is 2. The number of fused-ring (bicyclic) bond motifs is 1. The molecule has 0 amide bonds. The third-order valence-corrected chi connectivity index (χ3v) is 6.38. The van der Waals surface area contributed by atoms with Crippen LogP contribution < -0.4 is 0 Å². The van der Waals surface area contributed by atoms with Crippen molar-refractivity contribution in [2.45, 2.75) is 25.3 Å². The van der Waals surface area contributed by atoms with Crippen LogP contribution in [0.5, 0.6) is 0 Å². The van der Waals surface area contributed by atoms with E-state index in [0.29, 0.717) is 0 Å². The van der Waals surface area contributed by atoms with E-state index in [4.69, 9.17) is 0 Å². The van der Waals surface area contributed by atoms with Crippen LogP contribution in [0.1, 0.15) is 11.2 Å². The minimum Gasteiger partial charge on any atom is -0.240 e.